The third-order valence-electron chi connectivity index (χ3n) is 6.32. The summed E-state index contributed by atoms with van der Waals surface area (Å²) >= 11 is 0. The molecule has 1 fully saturated rings. The predicted molar refractivity (Wildman–Crippen MR) is 119 cm³/mol. The van der Waals surface area contributed by atoms with E-state index in [0.29, 0.717) is 11.4 Å². The summed E-state index contributed by atoms with van der Waals surface area (Å²) in [5, 5.41) is 5.27. The Morgan fingerprint density at radius 3 is 2.71 bits per heavy atom. The van der Waals surface area contributed by atoms with Crippen LogP contribution in [-0.4, -0.2) is 28.7 Å². The van der Waals surface area contributed by atoms with Gasteiger partial charge in [-0.1, -0.05) is 37.5 Å². The van der Waals surface area contributed by atoms with Crippen molar-refractivity contribution >= 4 is 27.7 Å². The normalized spacial score (nSPS) is 16.1. The molecule has 6 heteroatoms. The number of pyridine rings is 1. The summed E-state index contributed by atoms with van der Waals surface area (Å²) in [5.74, 6) is 1.31. The van der Waals surface area contributed by atoms with Gasteiger partial charge in [0.25, 0.3) is 5.91 Å². The van der Waals surface area contributed by atoms with Crippen LogP contribution in [0.2, 0.25) is 0 Å². The highest BCUT2D eigenvalue weighted by atomic mass is 16.7. The van der Waals surface area contributed by atoms with Crippen molar-refractivity contribution in [3.8, 4) is 22.8 Å². The lowest BCUT2D eigenvalue weighted by Gasteiger charge is -2.22. The van der Waals surface area contributed by atoms with Gasteiger partial charge in [-0.05, 0) is 43.2 Å². The van der Waals surface area contributed by atoms with E-state index in [0.717, 1.165) is 51.7 Å². The second kappa shape index (κ2) is 7.30. The Hall–Kier alpha value is -3.54. The van der Waals surface area contributed by atoms with Crippen LogP contribution in [0.25, 0.3) is 33.1 Å². The molecule has 2 aliphatic rings. The number of para-hydroxylation sites is 1. The third-order valence-corrected chi connectivity index (χ3v) is 6.32. The Labute approximate surface area is 179 Å². The molecule has 0 unspecified atom stereocenters. The van der Waals surface area contributed by atoms with Gasteiger partial charge in [-0.2, -0.15) is 0 Å². The molecule has 3 heterocycles. The minimum atomic E-state index is -0.110. The van der Waals surface area contributed by atoms with Crippen LogP contribution in [-0.2, 0) is 0 Å². The van der Waals surface area contributed by atoms with Crippen molar-refractivity contribution in [3.05, 3.63) is 54.2 Å². The molecule has 0 radical (unpaired) electrons. The van der Waals surface area contributed by atoms with Gasteiger partial charge in [-0.25, -0.2) is 4.98 Å². The van der Waals surface area contributed by atoms with Gasteiger partial charge in [0.05, 0.1) is 11.2 Å². The number of ether oxygens (including phenoxy) is 2. The fourth-order valence-electron chi connectivity index (χ4n) is 4.72. The third kappa shape index (κ3) is 3.19. The van der Waals surface area contributed by atoms with E-state index in [9.17, 15) is 4.79 Å². The molecule has 6 nitrogen and oxygen atoms in total. The lowest BCUT2D eigenvalue weighted by molar-refractivity contribution is 0.0923. The highest BCUT2D eigenvalue weighted by molar-refractivity contribution is 6.13. The number of carbonyl (C=O) groups is 1. The summed E-state index contributed by atoms with van der Waals surface area (Å²) in [6.45, 7) is 0.220. The van der Waals surface area contributed by atoms with Gasteiger partial charge in [0.1, 0.15) is 5.69 Å². The van der Waals surface area contributed by atoms with Gasteiger partial charge in [-0.3, -0.25) is 4.79 Å². The number of carbonyl (C=O) groups excluding carboxylic acids is 1. The summed E-state index contributed by atoms with van der Waals surface area (Å²) in [6, 6.07) is 16.0. The van der Waals surface area contributed by atoms with Crippen molar-refractivity contribution in [2.24, 2.45) is 0 Å². The summed E-state index contributed by atoms with van der Waals surface area (Å²) in [7, 11) is 0. The molecule has 1 aliphatic heterocycles. The summed E-state index contributed by atoms with van der Waals surface area (Å²) in [6.07, 6.45) is 5.66. The van der Waals surface area contributed by atoms with E-state index in [-0.39, 0.29) is 18.7 Å². The van der Waals surface area contributed by atoms with Gasteiger partial charge in [0.15, 0.2) is 11.5 Å². The first-order valence-electron chi connectivity index (χ1n) is 10.9. The molecule has 31 heavy (non-hydrogen) atoms. The topological polar surface area (TPSA) is 76.2 Å². The number of rotatable bonds is 3. The lowest BCUT2D eigenvalue weighted by Crippen LogP contribution is -2.36. The second-order valence-corrected chi connectivity index (χ2v) is 8.33. The Morgan fingerprint density at radius 1 is 0.968 bits per heavy atom. The van der Waals surface area contributed by atoms with E-state index in [4.69, 9.17) is 14.5 Å². The molecule has 0 saturated heterocycles. The number of fused-ring (bicyclic) bond motifs is 4. The van der Waals surface area contributed by atoms with Crippen LogP contribution in [0.4, 0.5) is 0 Å². The maximum Gasteiger partial charge on any atom is 0.270 e. The number of aromatic nitrogens is 2. The summed E-state index contributed by atoms with van der Waals surface area (Å²) < 4.78 is 11.0. The Balaban J connectivity index is 1.50. The van der Waals surface area contributed by atoms with Crippen molar-refractivity contribution in [1.82, 2.24) is 15.3 Å². The van der Waals surface area contributed by atoms with Crippen LogP contribution < -0.4 is 14.8 Å². The van der Waals surface area contributed by atoms with Crippen LogP contribution in [0.3, 0.4) is 0 Å². The van der Waals surface area contributed by atoms with Crippen LogP contribution in [0.1, 0.15) is 42.6 Å². The average molecular weight is 413 g/mol. The van der Waals surface area contributed by atoms with E-state index in [1.54, 1.807) is 0 Å². The SMILES string of the molecule is O=C(NC1CCCCC1)c1cc2c([nH]c3ccccc32)c(-c2ccc3c(c2)OCO3)n1. The predicted octanol–water partition coefficient (Wildman–Crippen LogP) is 5.17. The van der Waals surface area contributed by atoms with Gasteiger partial charge >= 0.3 is 0 Å². The fraction of sp³-hybridized carbons (Fsp3) is 0.280. The first-order chi connectivity index (χ1) is 15.3. The molecule has 2 N–H and O–H groups in total. The lowest BCUT2D eigenvalue weighted by atomic mass is 9.95. The Kier molecular flexibility index (Phi) is 4.30. The first-order valence-corrected chi connectivity index (χ1v) is 10.9. The monoisotopic (exact) mass is 413 g/mol. The number of hydrogen-bond donors (Lipinski definition) is 2. The van der Waals surface area contributed by atoms with Gasteiger partial charge in [0.2, 0.25) is 6.79 Å². The molecular weight excluding hydrogens is 390 g/mol. The number of H-pyrrole nitrogens is 1. The molecule has 0 spiro atoms. The molecule has 0 atom stereocenters. The standard InChI is InChI=1S/C25H23N3O3/c29-25(26-16-6-2-1-3-7-16)20-13-18-17-8-4-5-9-19(17)27-24(18)23(28-20)15-10-11-21-22(12-15)31-14-30-21/h4-5,8-13,16,27H,1-3,6-7,14H2,(H,26,29). The number of nitrogens with zero attached hydrogens (tertiary/aromatic N) is 1. The quantitative estimate of drug-likeness (QED) is 0.486. The number of aromatic amines is 1. The summed E-state index contributed by atoms with van der Waals surface area (Å²) in [4.78, 5) is 21.5. The summed E-state index contributed by atoms with van der Waals surface area (Å²) in [5.41, 5.74) is 3.99. The molecule has 2 aromatic carbocycles. The van der Waals surface area contributed by atoms with E-state index < -0.39 is 0 Å². The van der Waals surface area contributed by atoms with Gasteiger partial charge in [-0.15, -0.1) is 0 Å². The molecule has 1 amide bonds. The minimum Gasteiger partial charge on any atom is -0.454 e. The zero-order chi connectivity index (χ0) is 20.8. The van der Waals surface area contributed by atoms with E-state index >= 15 is 0 Å². The van der Waals surface area contributed by atoms with E-state index in [1.165, 1.54) is 19.3 Å². The molecule has 2 aromatic heterocycles. The van der Waals surface area contributed by atoms with Crippen LogP contribution >= 0.6 is 0 Å². The second-order valence-electron chi connectivity index (χ2n) is 8.33. The van der Waals surface area contributed by atoms with Crippen LogP contribution in [0, 0.1) is 0 Å². The molecule has 1 aliphatic carbocycles. The molecule has 1 saturated carbocycles. The number of benzene rings is 2. The number of nitrogens with one attached hydrogen (secondary N) is 2. The van der Waals surface area contributed by atoms with Gasteiger partial charge in [0, 0.05) is 27.9 Å². The fourth-order valence-corrected chi connectivity index (χ4v) is 4.72. The van der Waals surface area contributed by atoms with Crippen molar-refractivity contribution in [3.63, 3.8) is 0 Å². The number of hydrogen-bond acceptors (Lipinski definition) is 4. The van der Waals surface area contributed by atoms with E-state index in [1.807, 2.05) is 42.5 Å². The maximum atomic E-state index is 13.2. The smallest absolute Gasteiger partial charge is 0.270 e. The van der Waals surface area contributed by atoms with Crippen LogP contribution in [0.5, 0.6) is 11.5 Å². The Morgan fingerprint density at radius 2 is 1.81 bits per heavy atom. The van der Waals surface area contributed by atoms with E-state index in [2.05, 4.69) is 16.4 Å². The first kappa shape index (κ1) is 18.2. The largest absolute Gasteiger partial charge is 0.454 e. The molecule has 4 aromatic rings. The zero-order valence-electron chi connectivity index (χ0n) is 17.1. The molecule has 0 bridgehead atoms. The molecule has 156 valence electrons. The van der Waals surface area contributed by atoms with Crippen LogP contribution in [0.15, 0.2) is 48.5 Å². The van der Waals surface area contributed by atoms with Crippen molar-refractivity contribution in [1.29, 1.82) is 0 Å². The Bertz CT molecular complexity index is 1300. The van der Waals surface area contributed by atoms with Crippen molar-refractivity contribution in [2.75, 3.05) is 6.79 Å². The highest BCUT2D eigenvalue weighted by Gasteiger charge is 2.22. The minimum absolute atomic E-state index is 0.110. The average Bonchev–Trinajstić information content (AvgIpc) is 3.43. The zero-order valence-corrected chi connectivity index (χ0v) is 17.1. The number of amides is 1. The maximum absolute atomic E-state index is 13.2. The van der Waals surface area contributed by atoms with Gasteiger partial charge < -0.3 is 19.8 Å². The molecule has 6 rings (SSSR count). The molecular formula is C25H23N3O3. The highest BCUT2D eigenvalue weighted by Crippen LogP contribution is 2.38. The van der Waals surface area contributed by atoms with Crippen molar-refractivity contribution in [2.45, 2.75) is 38.1 Å². The van der Waals surface area contributed by atoms with Crippen molar-refractivity contribution < 1.29 is 14.3 Å².